The highest BCUT2D eigenvalue weighted by Gasteiger charge is 2.61. The van der Waals surface area contributed by atoms with Gasteiger partial charge in [0, 0.05) is 5.92 Å². The predicted octanol–water partition coefficient (Wildman–Crippen LogP) is 6.04. The van der Waals surface area contributed by atoms with Gasteiger partial charge in [-0.15, -0.1) is 6.58 Å². The van der Waals surface area contributed by atoms with Gasteiger partial charge in [0.25, 0.3) is 0 Å². The Bertz CT molecular complexity index is 536. The number of Topliss-reactive ketones (excluding diaryl/α,β-unsaturated/α-hetero) is 1. The molecule has 0 saturated heterocycles. The number of hydrogen-bond acceptors (Lipinski definition) is 1. The number of rotatable bonds is 2. The lowest BCUT2D eigenvalue weighted by molar-refractivity contribution is -0.131. The van der Waals surface area contributed by atoms with Crippen LogP contribution < -0.4 is 0 Å². The molecule has 0 aromatic carbocycles. The number of fused-ring (bicyclic) bond motifs is 5. The third kappa shape index (κ3) is 2.15. The molecule has 134 valence electrons. The van der Waals surface area contributed by atoms with Crippen LogP contribution in [0.3, 0.4) is 0 Å². The smallest absolute Gasteiger partial charge is 0.133 e. The Morgan fingerprint density at radius 1 is 1.04 bits per heavy atom. The highest BCUT2D eigenvalue weighted by molar-refractivity contribution is 5.79. The molecule has 0 amide bonds. The Kier molecular flexibility index (Phi) is 4.01. The van der Waals surface area contributed by atoms with Crippen LogP contribution in [0.2, 0.25) is 0 Å². The van der Waals surface area contributed by atoms with Crippen molar-refractivity contribution < 1.29 is 4.79 Å². The molecule has 1 nitrogen and oxygen atoms in total. The summed E-state index contributed by atoms with van der Waals surface area (Å²) in [5.41, 5.74) is 0.717. The molecule has 0 radical (unpaired) electrons. The van der Waals surface area contributed by atoms with Gasteiger partial charge in [-0.05, 0) is 105 Å². The van der Waals surface area contributed by atoms with Crippen molar-refractivity contribution in [2.45, 2.75) is 78.6 Å². The zero-order chi connectivity index (χ0) is 17.1. The van der Waals surface area contributed by atoms with Gasteiger partial charge in [-0.1, -0.05) is 19.9 Å². The number of allylic oxidation sites excluding steroid dienone is 1. The summed E-state index contributed by atoms with van der Waals surface area (Å²) in [5.74, 6) is 5.09. The van der Waals surface area contributed by atoms with Crippen LogP contribution in [-0.2, 0) is 4.79 Å². The minimum Gasteiger partial charge on any atom is -0.300 e. The molecule has 8 atom stereocenters. The Morgan fingerprint density at radius 2 is 1.83 bits per heavy atom. The van der Waals surface area contributed by atoms with E-state index in [9.17, 15) is 4.79 Å². The van der Waals surface area contributed by atoms with E-state index in [0.29, 0.717) is 22.5 Å². The number of ketones is 1. The average Bonchev–Trinajstić information content (AvgIpc) is 2.91. The van der Waals surface area contributed by atoms with E-state index in [4.69, 9.17) is 0 Å². The monoisotopic (exact) mass is 328 g/mol. The van der Waals surface area contributed by atoms with Crippen molar-refractivity contribution in [3.63, 3.8) is 0 Å². The Labute approximate surface area is 148 Å². The SMILES string of the molecule is C=CC12CCC(C)CC1CCC1C3CCC(C(C)=O)C3(C)CCC12. The normalized spacial score (nSPS) is 53.6. The summed E-state index contributed by atoms with van der Waals surface area (Å²) >= 11 is 0. The van der Waals surface area contributed by atoms with Crippen LogP contribution in [0.25, 0.3) is 0 Å². The van der Waals surface area contributed by atoms with Gasteiger partial charge in [-0.2, -0.15) is 0 Å². The first kappa shape index (κ1) is 16.9. The summed E-state index contributed by atoms with van der Waals surface area (Å²) in [6, 6.07) is 0. The second-order valence-electron chi connectivity index (χ2n) is 10.1. The van der Waals surface area contributed by atoms with Crippen LogP contribution in [0.4, 0.5) is 0 Å². The van der Waals surface area contributed by atoms with Crippen LogP contribution >= 0.6 is 0 Å². The van der Waals surface area contributed by atoms with Gasteiger partial charge in [0.15, 0.2) is 0 Å². The van der Waals surface area contributed by atoms with Gasteiger partial charge >= 0.3 is 0 Å². The van der Waals surface area contributed by atoms with Crippen molar-refractivity contribution in [2.24, 2.45) is 46.3 Å². The number of carbonyl (C=O) groups is 1. The second-order valence-corrected chi connectivity index (χ2v) is 10.1. The molecule has 0 aromatic rings. The third-order valence-corrected chi connectivity index (χ3v) is 9.36. The van der Waals surface area contributed by atoms with Gasteiger partial charge in [-0.25, -0.2) is 0 Å². The lowest BCUT2D eigenvalue weighted by Crippen LogP contribution is -2.54. The summed E-state index contributed by atoms with van der Waals surface area (Å²) in [6.07, 6.45) is 14.5. The lowest BCUT2D eigenvalue weighted by atomic mass is 9.43. The fraction of sp³-hybridized carbons (Fsp3) is 0.870. The van der Waals surface area contributed by atoms with Crippen molar-refractivity contribution in [2.75, 3.05) is 0 Å². The maximum absolute atomic E-state index is 12.2. The van der Waals surface area contributed by atoms with E-state index in [0.717, 1.165) is 36.0 Å². The van der Waals surface area contributed by atoms with Crippen LogP contribution in [-0.4, -0.2) is 5.78 Å². The molecular weight excluding hydrogens is 292 g/mol. The maximum atomic E-state index is 12.2. The molecule has 4 aliphatic rings. The van der Waals surface area contributed by atoms with Crippen molar-refractivity contribution in [3.05, 3.63) is 12.7 Å². The third-order valence-electron chi connectivity index (χ3n) is 9.36. The summed E-state index contributed by atoms with van der Waals surface area (Å²) in [4.78, 5) is 12.2. The van der Waals surface area contributed by atoms with E-state index in [1.807, 2.05) is 6.92 Å². The highest BCUT2D eigenvalue weighted by Crippen LogP contribution is 2.68. The van der Waals surface area contributed by atoms with Crippen molar-refractivity contribution in [3.8, 4) is 0 Å². The molecule has 4 saturated carbocycles. The van der Waals surface area contributed by atoms with E-state index in [1.165, 1.54) is 51.4 Å². The van der Waals surface area contributed by atoms with E-state index >= 15 is 0 Å². The van der Waals surface area contributed by atoms with Crippen molar-refractivity contribution in [1.82, 2.24) is 0 Å². The largest absolute Gasteiger partial charge is 0.300 e. The zero-order valence-corrected chi connectivity index (χ0v) is 16.0. The standard InChI is InChI=1S/C23H36O/c1-5-23-13-10-15(2)14-17(23)6-7-18-20-9-8-19(16(3)24)22(20,4)12-11-21(18)23/h5,15,17-21H,1,6-14H2,2-4H3. The van der Waals surface area contributed by atoms with Gasteiger partial charge in [-0.3, -0.25) is 4.79 Å². The van der Waals surface area contributed by atoms with E-state index < -0.39 is 0 Å². The van der Waals surface area contributed by atoms with Gasteiger partial charge in [0.05, 0.1) is 0 Å². The second kappa shape index (κ2) is 5.71. The quantitative estimate of drug-likeness (QED) is 0.565. The fourth-order valence-corrected chi connectivity index (χ4v) is 8.24. The summed E-state index contributed by atoms with van der Waals surface area (Å²) < 4.78 is 0. The molecule has 24 heavy (non-hydrogen) atoms. The number of carbonyl (C=O) groups excluding carboxylic acids is 1. The molecule has 0 spiro atoms. The molecule has 1 heteroatoms. The first-order valence-electron chi connectivity index (χ1n) is 10.6. The van der Waals surface area contributed by atoms with Crippen LogP contribution in [0.5, 0.6) is 0 Å². The molecule has 0 heterocycles. The van der Waals surface area contributed by atoms with Crippen LogP contribution in [0.1, 0.15) is 78.6 Å². The highest BCUT2D eigenvalue weighted by atomic mass is 16.1. The first-order valence-corrected chi connectivity index (χ1v) is 10.6. The Hall–Kier alpha value is -0.590. The molecule has 0 N–H and O–H groups in total. The van der Waals surface area contributed by atoms with Crippen LogP contribution in [0.15, 0.2) is 12.7 Å². The fourth-order valence-electron chi connectivity index (χ4n) is 8.24. The van der Waals surface area contributed by atoms with Gasteiger partial charge < -0.3 is 0 Å². The van der Waals surface area contributed by atoms with E-state index in [-0.39, 0.29) is 0 Å². The van der Waals surface area contributed by atoms with Gasteiger partial charge in [0.1, 0.15) is 5.78 Å². The summed E-state index contributed by atoms with van der Waals surface area (Å²) in [5, 5.41) is 0. The summed E-state index contributed by atoms with van der Waals surface area (Å²) in [7, 11) is 0. The van der Waals surface area contributed by atoms with E-state index in [2.05, 4.69) is 26.5 Å². The Morgan fingerprint density at radius 3 is 2.54 bits per heavy atom. The maximum Gasteiger partial charge on any atom is 0.133 e. The minimum absolute atomic E-state index is 0.296. The molecule has 4 fully saturated rings. The van der Waals surface area contributed by atoms with Crippen molar-refractivity contribution in [1.29, 1.82) is 0 Å². The first-order chi connectivity index (χ1) is 11.4. The predicted molar refractivity (Wildman–Crippen MR) is 99.6 cm³/mol. The Balaban J connectivity index is 1.65. The molecule has 0 aromatic heterocycles. The molecular formula is C23H36O. The van der Waals surface area contributed by atoms with E-state index in [1.54, 1.807) is 0 Å². The topological polar surface area (TPSA) is 17.1 Å². The molecule has 4 aliphatic carbocycles. The minimum atomic E-state index is 0.296. The summed E-state index contributed by atoms with van der Waals surface area (Å²) in [6.45, 7) is 11.1. The number of hydrogen-bond donors (Lipinski definition) is 0. The molecule has 0 aliphatic heterocycles. The lowest BCUT2D eigenvalue weighted by Gasteiger charge is -2.61. The molecule has 8 unspecified atom stereocenters. The average molecular weight is 329 g/mol. The van der Waals surface area contributed by atoms with Gasteiger partial charge in [0.2, 0.25) is 0 Å². The van der Waals surface area contributed by atoms with Crippen LogP contribution in [0, 0.1) is 46.3 Å². The molecule has 4 rings (SSSR count). The zero-order valence-electron chi connectivity index (χ0n) is 16.0. The van der Waals surface area contributed by atoms with Crippen molar-refractivity contribution >= 4 is 5.78 Å². The molecule has 0 bridgehead atoms.